The van der Waals surface area contributed by atoms with E-state index in [1.165, 1.54) is 19.1 Å². The lowest BCUT2D eigenvalue weighted by atomic mass is 10.0. The SMILES string of the molecule is C=C(C)C(=O)OCCOC(=O)Cc1cccc(N=Nc2ccc(O)c(C(=O)c3ccccc3)c2)c1. The molecule has 3 aromatic rings. The molecule has 3 rings (SSSR count). The van der Waals surface area contributed by atoms with Crippen LogP contribution in [0.1, 0.15) is 28.4 Å². The van der Waals surface area contributed by atoms with Crippen molar-refractivity contribution in [2.75, 3.05) is 13.2 Å². The molecule has 1 N–H and O–H groups in total. The fraction of sp³-hybridized carbons (Fsp3) is 0.148. The number of nitrogens with zero attached hydrogens (tertiary/aromatic N) is 2. The second-order valence-corrected chi connectivity index (χ2v) is 7.58. The fourth-order valence-electron chi connectivity index (χ4n) is 2.99. The molecule has 0 fully saturated rings. The number of hydrogen-bond donors (Lipinski definition) is 1. The molecule has 0 atom stereocenters. The maximum absolute atomic E-state index is 12.7. The average Bonchev–Trinajstić information content (AvgIpc) is 2.86. The van der Waals surface area contributed by atoms with Crippen LogP contribution >= 0.6 is 0 Å². The number of carbonyl (C=O) groups is 3. The Hall–Kier alpha value is -4.59. The molecule has 0 heterocycles. The van der Waals surface area contributed by atoms with Gasteiger partial charge in [0.2, 0.25) is 0 Å². The number of benzene rings is 3. The number of ether oxygens (including phenoxy) is 2. The minimum absolute atomic E-state index is 0.00667. The molecule has 3 aromatic carbocycles. The predicted molar refractivity (Wildman–Crippen MR) is 129 cm³/mol. The summed E-state index contributed by atoms with van der Waals surface area (Å²) in [5.74, 6) is -1.49. The molecule has 0 aliphatic rings. The molecule has 0 saturated heterocycles. The van der Waals surface area contributed by atoms with Crippen LogP contribution in [0, 0.1) is 0 Å². The first-order valence-electron chi connectivity index (χ1n) is 10.7. The van der Waals surface area contributed by atoms with E-state index in [4.69, 9.17) is 9.47 Å². The van der Waals surface area contributed by atoms with E-state index in [1.54, 1.807) is 60.7 Å². The van der Waals surface area contributed by atoms with E-state index in [1.807, 2.05) is 0 Å². The number of carbonyl (C=O) groups excluding carboxylic acids is 3. The van der Waals surface area contributed by atoms with Gasteiger partial charge in [-0.15, -0.1) is 0 Å². The van der Waals surface area contributed by atoms with E-state index in [9.17, 15) is 19.5 Å². The normalized spacial score (nSPS) is 10.7. The Morgan fingerprint density at radius 2 is 1.54 bits per heavy atom. The molecule has 0 unspecified atom stereocenters. The Morgan fingerprint density at radius 1 is 0.857 bits per heavy atom. The summed E-state index contributed by atoms with van der Waals surface area (Å²) in [5.41, 5.74) is 2.39. The number of aromatic hydroxyl groups is 1. The Labute approximate surface area is 202 Å². The molecule has 0 spiro atoms. The van der Waals surface area contributed by atoms with Crippen LogP contribution in [-0.4, -0.2) is 36.0 Å². The van der Waals surface area contributed by atoms with Gasteiger partial charge in [-0.2, -0.15) is 10.2 Å². The third-order valence-electron chi connectivity index (χ3n) is 4.73. The molecule has 8 heteroatoms. The van der Waals surface area contributed by atoms with Crippen molar-refractivity contribution in [3.8, 4) is 5.75 Å². The van der Waals surface area contributed by atoms with Crippen LogP contribution < -0.4 is 0 Å². The average molecular weight is 472 g/mol. The second-order valence-electron chi connectivity index (χ2n) is 7.58. The summed E-state index contributed by atoms with van der Waals surface area (Å²) >= 11 is 0. The molecule has 0 amide bonds. The van der Waals surface area contributed by atoms with Crippen LogP contribution in [-0.2, 0) is 25.5 Å². The molecule has 0 aromatic heterocycles. The van der Waals surface area contributed by atoms with Crippen LogP contribution in [0.2, 0.25) is 0 Å². The van der Waals surface area contributed by atoms with Crippen molar-refractivity contribution in [1.29, 1.82) is 0 Å². The van der Waals surface area contributed by atoms with E-state index in [-0.39, 0.29) is 42.3 Å². The van der Waals surface area contributed by atoms with E-state index < -0.39 is 11.9 Å². The zero-order chi connectivity index (χ0) is 25.2. The Morgan fingerprint density at radius 3 is 2.26 bits per heavy atom. The molecule has 0 aliphatic carbocycles. The summed E-state index contributed by atoms with van der Waals surface area (Å²) in [5, 5.41) is 18.5. The van der Waals surface area contributed by atoms with Crippen molar-refractivity contribution in [2.45, 2.75) is 13.3 Å². The number of rotatable bonds is 10. The molecule has 0 aliphatic heterocycles. The van der Waals surface area contributed by atoms with Crippen molar-refractivity contribution in [3.05, 3.63) is 102 Å². The third-order valence-corrected chi connectivity index (χ3v) is 4.73. The van der Waals surface area contributed by atoms with E-state index in [0.717, 1.165) is 0 Å². The first-order valence-corrected chi connectivity index (χ1v) is 10.7. The highest BCUT2D eigenvalue weighted by molar-refractivity contribution is 6.11. The van der Waals surface area contributed by atoms with Gasteiger partial charge in [-0.1, -0.05) is 49.0 Å². The number of hydrogen-bond acceptors (Lipinski definition) is 8. The van der Waals surface area contributed by atoms with Gasteiger partial charge in [-0.3, -0.25) is 9.59 Å². The van der Waals surface area contributed by atoms with E-state index in [2.05, 4.69) is 16.8 Å². The highest BCUT2D eigenvalue weighted by Gasteiger charge is 2.14. The predicted octanol–water partition coefficient (Wildman–Crippen LogP) is 5.24. The lowest BCUT2D eigenvalue weighted by molar-refractivity contribution is -0.149. The maximum atomic E-state index is 12.7. The maximum Gasteiger partial charge on any atom is 0.333 e. The third kappa shape index (κ3) is 7.46. The van der Waals surface area contributed by atoms with Gasteiger partial charge in [-0.05, 0) is 42.8 Å². The van der Waals surface area contributed by atoms with Gasteiger partial charge in [0.05, 0.1) is 23.4 Å². The Kier molecular flexibility index (Phi) is 8.61. The summed E-state index contributed by atoms with van der Waals surface area (Å²) in [7, 11) is 0. The van der Waals surface area contributed by atoms with Gasteiger partial charge >= 0.3 is 11.9 Å². The van der Waals surface area contributed by atoms with Crippen molar-refractivity contribution >= 4 is 29.1 Å². The number of azo groups is 1. The minimum atomic E-state index is -0.538. The van der Waals surface area contributed by atoms with Crippen LogP contribution in [0.15, 0.2) is 95.2 Å². The van der Waals surface area contributed by atoms with Crippen LogP contribution in [0.25, 0.3) is 0 Å². The van der Waals surface area contributed by atoms with Gasteiger partial charge in [0.25, 0.3) is 0 Å². The standard InChI is InChI=1S/C27H24N2O6/c1-18(2)27(33)35-14-13-34-25(31)16-19-7-6-10-21(15-19)28-29-22-11-12-24(30)23(17-22)26(32)20-8-4-3-5-9-20/h3-12,15,17,30H,1,13-14,16H2,2H3. The zero-order valence-corrected chi connectivity index (χ0v) is 19.1. The Bertz CT molecular complexity index is 1270. The first-order chi connectivity index (χ1) is 16.8. The largest absolute Gasteiger partial charge is 0.507 e. The molecule has 0 saturated carbocycles. The molecular weight excluding hydrogens is 448 g/mol. The summed E-state index contributed by atoms with van der Waals surface area (Å²) in [6.45, 7) is 4.90. The number of phenols is 1. The smallest absolute Gasteiger partial charge is 0.333 e. The van der Waals surface area contributed by atoms with Crippen LogP contribution in [0.4, 0.5) is 11.4 Å². The molecular formula is C27H24N2O6. The summed E-state index contributed by atoms with van der Waals surface area (Å²) < 4.78 is 9.95. The van der Waals surface area contributed by atoms with Gasteiger partial charge in [0.15, 0.2) is 5.78 Å². The monoisotopic (exact) mass is 472 g/mol. The topological polar surface area (TPSA) is 115 Å². The minimum Gasteiger partial charge on any atom is -0.507 e. The molecule has 8 nitrogen and oxygen atoms in total. The fourth-order valence-corrected chi connectivity index (χ4v) is 2.99. The summed E-state index contributed by atoms with van der Waals surface area (Å²) in [4.78, 5) is 36.0. The number of phenolic OH excluding ortho intramolecular Hbond substituents is 1. The lowest BCUT2D eigenvalue weighted by Crippen LogP contribution is -2.15. The highest BCUT2D eigenvalue weighted by Crippen LogP contribution is 2.27. The summed E-state index contributed by atoms with van der Waals surface area (Å²) in [6, 6.07) is 19.9. The zero-order valence-electron chi connectivity index (χ0n) is 19.1. The van der Waals surface area contributed by atoms with E-state index in [0.29, 0.717) is 22.5 Å². The van der Waals surface area contributed by atoms with Gasteiger partial charge < -0.3 is 14.6 Å². The van der Waals surface area contributed by atoms with Crippen molar-refractivity contribution in [1.82, 2.24) is 0 Å². The summed E-state index contributed by atoms with van der Waals surface area (Å²) in [6.07, 6.45) is 0.00667. The Balaban J connectivity index is 1.61. The number of ketones is 1. The molecule has 178 valence electrons. The highest BCUT2D eigenvalue weighted by atomic mass is 16.6. The quantitative estimate of drug-likeness (QED) is 0.142. The molecule has 0 bridgehead atoms. The lowest BCUT2D eigenvalue weighted by Gasteiger charge is -2.07. The van der Waals surface area contributed by atoms with Crippen LogP contribution in [0.5, 0.6) is 5.75 Å². The first kappa shape index (κ1) is 25.0. The van der Waals surface area contributed by atoms with Gasteiger partial charge in [0, 0.05) is 11.1 Å². The second kappa shape index (κ2) is 12.0. The van der Waals surface area contributed by atoms with Crippen molar-refractivity contribution in [2.24, 2.45) is 10.2 Å². The van der Waals surface area contributed by atoms with Crippen molar-refractivity contribution in [3.63, 3.8) is 0 Å². The molecule has 35 heavy (non-hydrogen) atoms. The van der Waals surface area contributed by atoms with Gasteiger partial charge in [0.1, 0.15) is 19.0 Å². The van der Waals surface area contributed by atoms with E-state index >= 15 is 0 Å². The number of esters is 2. The van der Waals surface area contributed by atoms with Crippen molar-refractivity contribution < 1.29 is 29.0 Å². The van der Waals surface area contributed by atoms with Gasteiger partial charge in [-0.25, -0.2) is 4.79 Å². The van der Waals surface area contributed by atoms with Crippen LogP contribution in [0.3, 0.4) is 0 Å². The molecule has 0 radical (unpaired) electrons.